The van der Waals surface area contributed by atoms with E-state index in [1.807, 2.05) is 6.92 Å². The third-order valence-corrected chi connectivity index (χ3v) is 3.10. The fourth-order valence-corrected chi connectivity index (χ4v) is 2.08. The van der Waals surface area contributed by atoms with Gasteiger partial charge < -0.3 is 0 Å². The average Bonchev–Trinajstić information content (AvgIpc) is 2.64. The number of nitrogens with one attached hydrogen (secondary N) is 1. The van der Waals surface area contributed by atoms with E-state index in [9.17, 15) is 4.39 Å². The van der Waals surface area contributed by atoms with Crippen LogP contribution in [0.25, 0.3) is 5.69 Å². The molecule has 16 heavy (non-hydrogen) atoms. The summed E-state index contributed by atoms with van der Waals surface area (Å²) in [4.78, 5) is 0. The van der Waals surface area contributed by atoms with E-state index < -0.39 is 0 Å². The van der Waals surface area contributed by atoms with Gasteiger partial charge in [0.05, 0.1) is 10.2 Å². The Balaban J connectivity index is 2.62. The van der Waals surface area contributed by atoms with Gasteiger partial charge in [-0.2, -0.15) is 5.10 Å². The summed E-state index contributed by atoms with van der Waals surface area (Å²) in [5, 5.41) is 6.83. The first-order chi connectivity index (χ1) is 7.63. The number of hydrogen-bond donors (Lipinski definition) is 1. The maximum absolute atomic E-state index is 13.1. The zero-order valence-electron chi connectivity index (χ0n) is 8.50. The first-order valence-corrected chi connectivity index (χ1v) is 5.95. The standard InChI is InChI=1S/C10H9BrFN3S/c1-2-9-13-14-10(16)15(9)6-3-4-8(12)7(11)5-6/h3-5H,2H2,1H3,(H,14,16). The molecule has 0 unspecified atom stereocenters. The molecule has 0 aliphatic carbocycles. The van der Waals surface area contributed by atoms with Crippen LogP contribution in [-0.4, -0.2) is 14.8 Å². The predicted octanol–water partition coefficient (Wildman–Crippen LogP) is 3.39. The van der Waals surface area contributed by atoms with E-state index in [4.69, 9.17) is 12.2 Å². The van der Waals surface area contributed by atoms with Gasteiger partial charge in [0, 0.05) is 6.42 Å². The van der Waals surface area contributed by atoms with Crippen LogP contribution in [0.5, 0.6) is 0 Å². The summed E-state index contributed by atoms with van der Waals surface area (Å²) in [6.07, 6.45) is 0.752. The van der Waals surface area contributed by atoms with Crippen LogP contribution in [0.15, 0.2) is 22.7 Å². The number of aromatic amines is 1. The van der Waals surface area contributed by atoms with E-state index in [2.05, 4.69) is 26.1 Å². The Labute approximate surface area is 105 Å². The molecule has 2 aromatic rings. The largest absolute Gasteiger partial charge is 0.272 e. The van der Waals surface area contributed by atoms with Crippen LogP contribution in [0, 0.1) is 10.6 Å². The summed E-state index contributed by atoms with van der Waals surface area (Å²) < 4.78 is 15.8. The molecule has 3 nitrogen and oxygen atoms in total. The molecule has 0 spiro atoms. The van der Waals surface area contributed by atoms with Crippen molar-refractivity contribution in [3.8, 4) is 5.69 Å². The monoisotopic (exact) mass is 301 g/mol. The normalized spacial score (nSPS) is 10.7. The zero-order chi connectivity index (χ0) is 11.7. The molecule has 2 rings (SSSR count). The molecular weight excluding hydrogens is 293 g/mol. The Morgan fingerprint density at radius 3 is 2.94 bits per heavy atom. The average molecular weight is 302 g/mol. The van der Waals surface area contributed by atoms with Gasteiger partial charge in [0.25, 0.3) is 0 Å². The van der Waals surface area contributed by atoms with Gasteiger partial charge in [0.15, 0.2) is 4.77 Å². The molecule has 0 radical (unpaired) electrons. The lowest BCUT2D eigenvalue weighted by atomic mass is 10.3. The molecule has 0 fully saturated rings. The molecule has 84 valence electrons. The summed E-state index contributed by atoms with van der Waals surface area (Å²) >= 11 is 8.28. The maximum Gasteiger partial charge on any atom is 0.199 e. The number of rotatable bonds is 2. The topological polar surface area (TPSA) is 33.6 Å². The highest BCUT2D eigenvalue weighted by Gasteiger charge is 2.08. The van der Waals surface area contributed by atoms with Crippen molar-refractivity contribution in [3.63, 3.8) is 0 Å². The molecule has 1 aromatic carbocycles. The number of hydrogen-bond acceptors (Lipinski definition) is 2. The van der Waals surface area contributed by atoms with E-state index in [0.29, 0.717) is 9.24 Å². The van der Waals surface area contributed by atoms with Gasteiger partial charge in [0.2, 0.25) is 0 Å². The number of aryl methyl sites for hydroxylation is 1. The summed E-state index contributed by atoms with van der Waals surface area (Å²) in [5.41, 5.74) is 0.795. The smallest absolute Gasteiger partial charge is 0.199 e. The van der Waals surface area contributed by atoms with Crippen molar-refractivity contribution in [2.75, 3.05) is 0 Å². The minimum Gasteiger partial charge on any atom is -0.272 e. The van der Waals surface area contributed by atoms with Gasteiger partial charge in [0.1, 0.15) is 11.6 Å². The van der Waals surface area contributed by atoms with Crippen LogP contribution < -0.4 is 0 Å². The molecule has 1 heterocycles. The molecule has 0 saturated carbocycles. The van der Waals surface area contributed by atoms with E-state index in [1.54, 1.807) is 16.7 Å². The summed E-state index contributed by atoms with van der Waals surface area (Å²) in [7, 11) is 0. The fraction of sp³-hybridized carbons (Fsp3) is 0.200. The van der Waals surface area contributed by atoms with Crippen molar-refractivity contribution >= 4 is 28.1 Å². The number of H-pyrrole nitrogens is 1. The van der Waals surface area contributed by atoms with Gasteiger partial charge in [-0.1, -0.05) is 6.92 Å². The fourth-order valence-electron chi connectivity index (χ4n) is 1.46. The Hall–Kier alpha value is -1.01. The van der Waals surface area contributed by atoms with Crippen molar-refractivity contribution < 1.29 is 4.39 Å². The molecule has 0 bridgehead atoms. The molecule has 6 heteroatoms. The van der Waals surface area contributed by atoms with Gasteiger partial charge in [-0.05, 0) is 46.3 Å². The second kappa shape index (κ2) is 4.47. The molecule has 1 N–H and O–H groups in total. The highest BCUT2D eigenvalue weighted by atomic mass is 79.9. The summed E-state index contributed by atoms with van der Waals surface area (Å²) in [6, 6.07) is 4.75. The summed E-state index contributed by atoms with van der Waals surface area (Å²) in [5.74, 6) is 0.528. The number of benzene rings is 1. The second-order valence-electron chi connectivity index (χ2n) is 3.23. The minimum atomic E-state index is -0.295. The van der Waals surface area contributed by atoms with Crippen LogP contribution in [0.4, 0.5) is 4.39 Å². The van der Waals surface area contributed by atoms with E-state index in [0.717, 1.165) is 17.9 Å². The third kappa shape index (κ3) is 1.94. The van der Waals surface area contributed by atoms with Crippen molar-refractivity contribution in [2.24, 2.45) is 0 Å². The molecule has 0 aliphatic rings. The lowest BCUT2D eigenvalue weighted by molar-refractivity contribution is 0.620. The summed E-state index contributed by atoms with van der Waals surface area (Å²) in [6.45, 7) is 1.99. The maximum atomic E-state index is 13.1. The Morgan fingerprint density at radius 2 is 2.31 bits per heavy atom. The highest BCUT2D eigenvalue weighted by molar-refractivity contribution is 9.10. The zero-order valence-corrected chi connectivity index (χ0v) is 10.9. The molecule has 0 saturated heterocycles. The van der Waals surface area contributed by atoms with Gasteiger partial charge in [-0.3, -0.25) is 9.67 Å². The molecule has 1 aromatic heterocycles. The number of halogens is 2. The number of nitrogens with zero attached hydrogens (tertiary/aromatic N) is 2. The Morgan fingerprint density at radius 1 is 1.56 bits per heavy atom. The van der Waals surface area contributed by atoms with Crippen LogP contribution >= 0.6 is 28.1 Å². The van der Waals surface area contributed by atoms with Crippen molar-refractivity contribution in [3.05, 3.63) is 39.1 Å². The van der Waals surface area contributed by atoms with E-state index >= 15 is 0 Å². The molecule has 0 atom stereocenters. The molecule has 0 amide bonds. The van der Waals surface area contributed by atoms with Crippen LogP contribution in [-0.2, 0) is 6.42 Å². The van der Waals surface area contributed by atoms with Gasteiger partial charge >= 0.3 is 0 Å². The molecular formula is C10H9BrFN3S. The van der Waals surface area contributed by atoms with Crippen LogP contribution in [0.3, 0.4) is 0 Å². The number of aromatic nitrogens is 3. The highest BCUT2D eigenvalue weighted by Crippen LogP contribution is 2.20. The lowest BCUT2D eigenvalue weighted by Crippen LogP contribution is -2.00. The van der Waals surface area contributed by atoms with Crippen molar-refractivity contribution in [1.29, 1.82) is 0 Å². The van der Waals surface area contributed by atoms with Crippen LogP contribution in [0.1, 0.15) is 12.7 Å². The van der Waals surface area contributed by atoms with Crippen LogP contribution in [0.2, 0.25) is 0 Å². The Kier molecular flexibility index (Phi) is 3.20. The molecule has 0 aliphatic heterocycles. The SMILES string of the molecule is CCc1n[nH]c(=S)n1-c1ccc(F)c(Br)c1. The first-order valence-electron chi connectivity index (χ1n) is 4.75. The van der Waals surface area contributed by atoms with Gasteiger partial charge in [-0.25, -0.2) is 4.39 Å². The van der Waals surface area contributed by atoms with Crippen molar-refractivity contribution in [1.82, 2.24) is 14.8 Å². The van der Waals surface area contributed by atoms with E-state index in [1.165, 1.54) is 6.07 Å². The van der Waals surface area contributed by atoms with Gasteiger partial charge in [-0.15, -0.1) is 0 Å². The van der Waals surface area contributed by atoms with E-state index in [-0.39, 0.29) is 5.82 Å². The quantitative estimate of drug-likeness (QED) is 0.863. The lowest BCUT2D eigenvalue weighted by Gasteiger charge is -2.06. The third-order valence-electron chi connectivity index (χ3n) is 2.22. The Bertz CT molecular complexity index is 576. The van der Waals surface area contributed by atoms with Crippen molar-refractivity contribution in [2.45, 2.75) is 13.3 Å². The second-order valence-corrected chi connectivity index (χ2v) is 4.47. The minimum absolute atomic E-state index is 0.295. The first kappa shape index (κ1) is 11.5. The predicted molar refractivity (Wildman–Crippen MR) is 65.8 cm³/mol.